The Labute approximate surface area is 147 Å². The van der Waals surface area contributed by atoms with E-state index < -0.39 is 0 Å². The number of anilines is 1. The van der Waals surface area contributed by atoms with E-state index in [1.165, 1.54) is 0 Å². The van der Waals surface area contributed by atoms with E-state index in [0.717, 1.165) is 22.6 Å². The zero-order valence-electron chi connectivity index (χ0n) is 14.5. The van der Waals surface area contributed by atoms with Gasteiger partial charge in [-0.15, -0.1) is 5.10 Å². The molecule has 0 saturated heterocycles. The molecule has 0 aliphatic heterocycles. The van der Waals surface area contributed by atoms with E-state index in [9.17, 15) is 0 Å². The second kappa shape index (κ2) is 7.81. The lowest BCUT2D eigenvalue weighted by Crippen LogP contribution is -2.07. The fourth-order valence-electron chi connectivity index (χ4n) is 2.53. The normalized spacial score (nSPS) is 10.8. The van der Waals surface area contributed by atoms with Crippen LogP contribution >= 0.6 is 0 Å². The SMILES string of the molecule is CCOCCOc1nc(-c2ccccc2C)n(-c2cccc(N)c2)n1. The molecule has 130 valence electrons. The molecule has 3 aromatic rings. The Morgan fingerprint density at radius 3 is 2.68 bits per heavy atom. The van der Waals surface area contributed by atoms with E-state index in [4.69, 9.17) is 15.2 Å². The predicted octanol–water partition coefficient (Wildman–Crippen LogP) is 3.24. The summed E-state index contributed by atoms with van der Waals surface area (Å²) in [5, 5.41) is 4.51. The maximum Gasteiger partial charge on any atom is 0.336 e. The van der Waals surface area contributed by atoms with Crippen LogP contribution in [0.2, 0.25) is 0 Å². The number of hydrogen-bond acceptors (Lipinski definition) is 5. The highest BCUT2D eigenvalue weighted by atomic mass is 16.5. The van der Waals surface area contributed by atoms with Crippen LogP contribution in [0.25, 0.3) is 17.1 Å². The molecular weight excluding hydrogens is 316 g/mol. The van der Waals surface area contributed by atoms with Gasteiger partial charge in [0.1, 0.15) is 6.61 Å². The van der Waals surface area contributed by atoms with Crippen molar-refractivity contribution >= 4 is 5.69 Å². The van der Waals surface area contributed by atoms with Crippen molar-refractivity contribution < 1.29 is 9.47 Å². The molecule has 0 aliphatic rings. The number of nitrogens with zero attached hydrogens (tertiary/aromatic N) is 3. The van der Waals surface area contributed by atoms with Gasteiger partial charge in [-0.25, -0.2) is 4.68 Å². The Bertz CT molecular complexity index is 845. The van der Waals surface area contributed by atoms with Crippen LogP contribution in [0.4, 0.5) is 5.69 Å². The van der Waals surface area contributed by atoms with Crippen molar-refractivity contribution in [1.82, 2.24) is 14.8 Å². The molecule has 0 radical (unpaired) electrons. The summed E-state index contributed by atoms with van der Waals surface area (Å²) in [7, 11) is 0. The fourth-order valence-corrected chi connectivity index (χ4v) is 2.53. The summed E-state index contributed by atoms with van der Waals surface area (Å²) < 4.78 is 12.7. The quantitative estimate of drug-likeness (QED) is 0.529. The van der Waals surface area contributed by atoms with Gasteiger partial charge in [-0.1, -0.05) is 30.3 Å². The number of aryl methyl sites for hydroxylation is 1. The van der Waals surface area contributed by atoms with Gasteiger partial charge in [0.05, 0.1) is 12.3 Å². The number of aromatic nitrogens is 3. The molecule has 1 heterocycles. The lowest BCUT2D eigenvalue weighted by molar-refractivity contribution is 0.106. The molecule has 2 N–H and O–H groups in total. The van der Waals surface area contributed by atoms with Crippen molar-refractivity contribution in [3.05, 3.63) is 54.1 Å². The number of benzene rings is 2. The van der Waals surface area contributed by atoms with Crippen LogP contribution in [0.15, 0.2) is 48.5 Å². The van der Waals surface area contributed by atoms with Crippen molar-refractivity contribution in [2.24, 2.45) is 0 Å². The molecule has 0 spiro atoms. The minimum Gasteiger partial charge on any atom is -0.460 e. The van der Waals surface area contributed by atoms with Crippen molar-refractivity contribution in [3.8, 4) is 23.1 Å². The Kier molecular flexibility index (Phi) is 5.30. The van der Waals surface area contributed by atoms with Gasteiger partial charge in [-0.3, -0.25) is 0 Å². The highest BCUT2D eigenvalue weighted by Gasteiger charge is 2.16. The third kappa shape index (κ3) is 3.97. The molecule has 0 atom stereocenters. The summed E-state index contributed by atoms with van der Waals surface area (Å²) in [6.45, 7) is 5.56. The smallest absolute Gasteiger partial charge is 0.336 e. The van der Waals surface area contributed by atoms with E-state index in [1.54, 1.807) is 4.68 Å². The highest BCUT2D eigenvalue weighted by molar-refractivity contribution is 5.63. The lowest BCUT2D eigenvalue weighted by Gasteiger charge is -2.08. The summed E-state index contributed by atoms with van der Waals surface area (Å²) in [5.41, 5.74) is 9.54. The molecule has 6 heteroatoms. The summed E-state index contributed by atoms with van der Waals surface area (Å²) in [6, 6.07) is 15.9. The maximum atomic E-state index is 5.93. The third-order valence-electron chi connectivity index (χ3n) is 3.75. The van der Waals surface area contributed by atoms with E-state index in [-0.39, 0.29) is 0 Å². The molecule has 0 bridgehead atoms. The number of hydrogen-bond donors (Lipinski definition) is 1. The molecule has 25 heavy (non-hydrogen) atoms. The molecular formula is C19H22N4O2. The van der Waals surface area contributed by atoms with E-state index in [2.05, 4.69) is 10.1 Å². The van der Waals surface area contributed by atoms with Crippen LogP contribution in [0.3, 0.4) is 0 Å². The Morgan fingerprint density at radius 1 is 1.08 bits per heavy atom. The molecule has 3 rings (SSSR count). The molecule has 6 nitrogen and oxygen atoms in total. The summed E-state index contributed by atoms with van der Waals surface area (Å²) in [6.07, 6.45) is 0. The third-order valence-corrected chi connectivity index (χ3v) is 3.75. The second-order valence-electron chi connectivity index (χ2n) is 5.59. The van der Waals surface area contributed by atoms with Gasteiger partial charge in [0.2, 0.25) is 0 Å². The van der Waals surface area contributed by atoms with Gasteiger partial charge in [-0.2, -0.15) is 4.98 Å². The first-order valence-electron chi connectivity index (χ1n) is 8.28. The lowest BCUT2D eigenvalue weighted by atomic mass is 10.1. The van der Waals surface area contributed by atoms with E-state index in [1.807, 2.05) is 62.4 Å². The zero-order valence-corrected chi connectivity index (χ0v) is 14.5. The first-order valence-corrected chi connectivity index (χ1v) is 8.28. The van der Waals surface area contributed by atoms with Crippen LogP contribution in [0.1, 0.15) is 12.5 Å². The first-order chi connectivity index (χ1) is 12.2. The molecule has 0 saturated carbocycles. The van der Waals surface area contributed by atoms with Crippen molar-refractivity contribution in [1.29, 1.82) is 0 Å². The average Bonchev–Trinajstić information content (AvgIpc) is 3.03. The molecule has 0 unspecified atom stereocenters. The van der Waals surface area contributed by atoms with Gasteiger partial charge >= 0.3 is 6.01 Å². The second-order valence-corrected chi connectivity index (χ2v) is 5.59. The summed E-state index contributed by atoms with van der Waals surface area (Å²) in [5.74, 6) is 0.718. The Balaban J connectivity index is 1.99. The fraction of sp³-hybridized carbons (Fsp3) is 0.263. The first kappa shape index (κ1) is 17.0. The topological polar surface area (TPSA) is 75.2 Å². The Morgan fingerprint density at radius 2 is 1.92 bits per heavy atom. The minimum absolute atomic E-state index is 0.320. The van der Waals surface area contributed by atoms with Crippen molar-refractivity contribution in [3.63, 3.8) is 0 Å². The minimum atomic E-state index is 0.320. The van der Waals surface area contributed by atoms with Gasteiger partial charge < -0.3 is 15.2 Å². The number of ether oxygens (including phenoxy) is 2. The Hall–Kier alpha value is -2.86. The van der Waals surface area contributed by atoms with E-state index >= 15 is 0 Å². The predicted molar refractivity (Wildman–Crippen MR) is 97.9 cm³/mol. The van der Waals surface area contributed by atoms with Crippen LogP contribution in [-0.4, -0.2) is 34.6 Å². The van der Waals surface area contributed by atoms with E-state index in [0.29, 0.717) is 31.5 Å². The number of nitrogen functional groups attached to an aromatic ring is 1. The van der Waals surface area contributed by atoms with Crippen LogP contribution < -0.4 is 10.5 Å². The van der Waals surface area contributed by atoms with Gasteiger partial charge in [0.25, 0.3) is 0 Å². The van der Waals surface area contributed by atoms with Crippen LogP contribution in [0.5, 0.6) is 6.01 Å². The molecule has 0 aliphatic carbocycles. The molecule has 2 aromatic carbocycles. The van der Waals surface area contributed by atoms with Crippen LogP contribution in [-0.2, 0) is 4.74 Å². The monoisotopic (exact) mass is 338 g/mol. The summed E-state index contributed by atoms with van der Waals surface area (Å²) in [4.78, 5) is 4.58. The standard InChI is InChI=1S/C19H22N4O2/c1-3-24-11-12-25-19-21-18(17-10-5-4-7-14(17)2)23(22-19)16-9-6-8-15(20)13-16/h4-10,13H,3,11-12,20H2,1-2H3. The largest absolute Gasteiger partial charge is 0.460 e. The number of nitrogens with two attached hydrogens (primary N) is 1. The average molecular weight is 338 g/mol. The van der Waals surface area contributed by atoms with Crippen molar-refractivity contribution in [2.75, 3.05) is 25.6 Å². The van der Waals surface area contributed by atoms with Crippen LogP contribution in [0, 0.1) is 6.92 Å². The maximum absolute atomic E-state index is 5.93. The summed E-state index contributed by atoms with van der Waals surface area (Å²) >= 11 is 0. The number of rotatable bonds is 7. The molecule has 1 aromatic heterocycles. The molecule has 0 fully saturated rings. The van der Waals surface area contributed by atoms with Gasteiger partial charge in [-0.05, 0) is 37.6 Å². The van der Waals surface area contributed by atoms with Gasteiger partial charge in [0.15, 0.2) is 5.82 Å². The molecule has 0 amide bonds. The highest BCUT2D eigenvalue weighted by Crippen LogP contribution is 2.26. The van der Waals surface area contributed by atoms with Crippen molar-refractivity contribution in [2.45, 2.75) is 13.8 Å². The zero-order chi connectivity index (χ0) is 17.6. The van der Waals surface area contributed by atoms with Gasteiger partial charge in [0, 0.05) is 17.9 Å².